The molecule has 0 N–H and O–H groups in total. The molecule has 2 heteroatoms. The molecule has 0 radical (unpaired) electrons. The molecule has 4 rings (SSSR count). The highest BCUT2D eigenvalue weighted by atomic mass is 16.6. The van der Waals surface area contributed by atoms with Gasteiger partial charge in [-0.3, -0.25) is 0 Å². The van der Waals surface area contributed by atoms with Crippen LogP contribution < -0.4 is 0 Å². The second-order valence-electron chi connectivity index (χ2n) is 7.25. The van der Waals surface area contributed by atoms with Crippen molar-refractivity contribution in [1.29, 1.82) is 0 Å². The molecule has 120 valence electrons. The molecule has 1 heterocycles. The fourth-order valence-electron chi connectivity index (χ4n) is 4.99. The van der Waals surface area contributed by atoms with Crippen LogP contribution in [0.3, 0.4) is 0 Å². The van der Waals surface area contributed by atoms with Crippen molar-refractivity contribution in [2.45, 2.75) is 75.4 Å². The predicted octanol–water partition coefficient (Wildman–Crippen LogP) is 5.14. The largest absolute Gasteiger partial charge is 0.369 e. The summed E-state index contributed by atoms with van der Waals surface area (Å²) in [5.41, 5.74) is 2.84. The van der Waals surface area contributed by atoms with Crippen molar-refractivity contribution in [3.63, 3.8) is 0 Å². The molecule has 2 nitrogen and oxygen atoms in total. The van der Waals surface area contributed by atoms with Gasteiger partial charge < -0.3 is 9.47 Å². The van der Waals surface area contributed by atoms with Gasteiger partial charge in [0.1, 0.15) is 11.7 Å². The van der Waals surface area contributed by atoms with Crippen LogP contribution in [0.2, 0.25) is 0 Å². The normalized spacial score (nSPS) is 35.8. The third-order valence-electron chi connectivity index (χ3n) is 5.99. The first kappa shape index (κ1) is 14.7. The van der Waals surface area contributed by atoms with Crippen LogP contribution >= 0.6 is 0 Å². The topological polar surface area (TPSA) is 18.5 Å². The fourth-order valence-corrected chi connectivity index (χ4v) is 4.99. The Bertz CT molecular complexity index is 512. The predicted molar refractivity (Wildman–Crippen MR) is 88.1 cm³/mol. The Hall–Kier alpha value is -0.860. The van der Waals surface area contributed by atoms with Gasteiger partial charge >= 0.3 is 0 Å². The molecule has 1 aliphatic heterocycles. The van der Waals surface area contributed by atoms with Crippen LogP contribution in [0.4, 0.5) is 0 Å². The fraction of sp³-hybridized carbons (Fsp3) is 0.700. The molecule has 0 unspecified atom stereocenters. The first-order valence-corrected chi connectivity index (χ1v) is 9.26. The van der Waals surface area contributed by atoms with Crippen molar-refractivity contribution < 1.29 is 9.47 Å². The second-order valence-corrected chi connectivity index (χ2v) is 7.25. The quantitative estimate of drug-likeness (QED) is 0.661. The summed E-state index contributed by atoms with van der Waals surface area (Å²) >= 11 is 0. The van der Waals surface area contributed by atoms with E-state index in [0.717, 1.165) is 19.6 Å². The minimum Gasteiger partial charge on any atom is -0.369 e. The Morgan fingerprint density at radius 3 is 2.41 bits per heavy atom. The third-order valence-corrected chi connectivity index (χ3v) is 5.99. The van der Waals surface area contributed by atoms with Crippen LogP contribution in [0.1, 0.15) is 80.9 Å². The standard InChI is InChI=1S/C20H28O2/c1-2-4-6-12-18-16-10-7-8-11-17(16)19-20(18,13-9-5-3-1)22-15-14-21-19/h7-8,10-11,18-19H,1-6,9,12-15H2/t18-,19+,20-/m0/s1. The minimum atomic E-state index is -0.0771. The van der Waals surface area contributed by atoms with Gasteiger partial charge in [-0.05, 0) is 24.0 Å². The van der Waals surface area contributed by atoms with Crippen molar-refractivity contribution in [3.8, 4) is 0 Å². The molecule has 1 aromatic rings. The summed E-state index contributed by atoms with van der Waals surface area (Å²) in [5, 5.41) is 0. The maximum absolute atomic E-state index is 6.52. The molecule has 0 amide bonds. The molecule has 22 heavy (non-hydrogen) atoms. The second kappa shape index (κ2) is 6.33. The summed E-state index contributed by atoms with van der Waals surface area (Å²) in [7, 11) is 0. The van der Waals surface area contributed by atoms with Gasteiger partial charge in [-0.1, -0.05) is 69.2 Å². The van der Waals surface area contributed by atoms with Crippen LogP contribution in [0, 0.1) is 0 Å². The lowest BCUT2D eigenvalue weighted by Crippen LogP contribution is -2.46. The molecule has 1 aromatic carbocycles. The molecular weight excluding hydrogens is 272 g/mol. The van der Waals surface area contributed by atoms with Gasteiger partial charge in [-0.25, -0.2) is 0 Å². The van der Waals surface area contributed by atoms with E-state index in [4.69, 9.17) is 9.47 Å². The van der Waals surface area contributed by atoms with Crippen LogP contribution in [-0.4, -0.2) is 18.8 Å². The number of fused-ring (bicyclic) bond motifs is 3. The zero-order valence-corrected chi connectivity index (χ0v) is 13.6. The van der Waals surface area contributed by atoms with E-state index in [2.05, 4.69) is 24.3 Å². The first-order valence-electron chi connectivity index (χ1n) is 9.26. The van der Waals surface area contributed by atoms with Crippen molar-refractivity contribution >= 4 is 0 Å². The zero-order chi connectivity index (χ0) is 14.8. The lowest BCUT2D eigenvalue weighted by Gasteiger charge is -2.43. The third kappa shape index (κ3) is 2.41. The Balaban J connectivity index is 1.71. The summed E-state index contributed by atoms with van der Waals surface area (Å²) in [6.45, 7) is 1.51. The van der Waals surface area contributed by atoms with E-state index in [9.17, 15) is 0 Å². The van der Waals surface area contributed by atoms with Crippen LogP contribution in [0.25, 0.3) is 0 Å². The lowest BCUT2D eigenvalue weighted by atomic mass is 9.79. The molecular formula is C20H28O2. The highest BCUT2D eigenvalue weighted by Gasteiger charge is 2.55. The maximum Gasteiger partial charge on any atom is 0.112 e. The summed E-state index contributed by atoms with van der Waals surface area (Å²) in [5.74, 6) is 0.534. The zero-order valence-electron chi connectivity index (χ0n) is 13.6. The van der Waals surface area contributed by atoms with Gasteiger partial charge in [0.15, 0.2) is 0 Å². The van der Waals surface area contributed by atoms with E-state index in [1.165, 1.54) is 62.5 Å². The van der Waals surface area contributed by atoms with Crippen LogP contribution in [0.5, 0.6) is 0 Å². The van der Waals surface area contributed by atoms with E-state index in [1.54, 1.807) is 0 Å². The Morgan fingerprint density at radius 1 is 0.818 bits per heavy atom. The Labute approximate surface area is 134 Å². The van der Waals surface area contributed by atoms with Crippen molar-refractivity contribution in [2.24, 2.45) is 0 Å². The van der Waals surface area contributed by atoms with Gasteiger partial charge in [0, 0.05) is 5.92 Å². The van der Waals surface area contributed by atoms with E-state index in [0.29, 0.717) is 5.92 Å². The maximum atomic E-state index is 6.52. The molecule has 3 atom stereocenters. The van der Waals surface area contributed by atoms with Gasteiger partial charge in [0.05, 0.1) is 13.2 Å². The SMILES string of the molecule is c1ccc2c(c1)[C@H]1OCCO[C@]13CCCCCCCCC[C@@H]23. The van der Waals surface area contributed by atoms with E-state index >= 15 is 0 Å². The molecule has 1 saturated heterocycles. The number of hydrogen-bond acceptors (Lipinski definition) is 2. The first-order chi connectivity index (χ1) is 10.9. The molecule has 2 fully saturated rings. The van der Waals surface area contributed by atoms with Gasteiger partial charge in [0.25, 0.3) is 0 Å². The van der Waals surface area contributed by atoms with Crippen LogP contribution in [0.15, 0.2) is 24.3 Å². The van der Waals surface area contributed by atoms with E-state index in [-0.39, 0.29) is 11.7 Å². The number of ether oxygens (including phenoxy) is 2. The highest BCUT2D eigenvalue weighted by molar-refractivity contribution is 5.43. The molecule has 3 aliphatic rings. The summed E-state index contributed by atoms with van der Waals surface area (Å²) in [6, 6.07) is 8.95. The van der Waals surface area contributed by atoms with Gasteiger partial charge in [0.2, 0.25) is 0 Å². The Kier molecular flexibility index (Phi) is 4.23. The van der Waals surface area contributed by atoms with Crippen LogP contribution in [-0.2, 0) is 9.47 Å². The molecule has 0 aromatic heterocycles. The highest BCUT2D eigenvalue weighted by Crippen LogP contribution is 2.57. The molecule has 1 spiro atoms. The van der Waals surface area contributed by atoms with E-state index < -0.39 is 0 Å². The van der Waals surface area contributed by atoms with Crippen molar-refractivity contribution in [1.82, 2.24) is 0 Å². The minimum absolute atomic E-state index is 0.0771. The Morgan fingerprint density at radius 2 is 1.55 bits per heavy atom. The molecule has 2 aliphatic carbocycles. The molecule has 1 saturated carbocycles. The van der Waals surface area contributed by atoms with Crippen molar-refractivity contribution in [2.75, 3.05) is 13.2 Å². The lowest BCUT2D eigenvalue weighted by molar-refractivity contribution is -0.212. The number of hydrogen-bond donors (Lipinski definition) is 0. The summed E-state index contributed by atoms with van der Waals surface area (Å²) in [6.07, 6.45) is 12.1. The van der Waals surface area contributed by atoms with Crippen molar-refractivity contribution in [3.05, 3.63) is 35.4 Å². The number of benzene rings is 1. The smallest absolute Gasteiger partial charge is 0.112 e. The molecule has 0 bridgehead atoms. The average Bonchev–Trinajstić information content (AvgIpc) is 2.81. The van der Waals surface area contributed by atoms with E-state index in [1.807, 2.05) is 0 Å². The van der Waals surface area contributed by atoms with Gasteiger partial charge in [-0.2, -0.15) is 0 Å². The van der Waals surface area contributed by atoms with Gasteiger partial charge in [-0.15, -0.1) is 0 Å². The summed E-state index contributed by atoms with van der Waals surface area (Å²) < 4.78 is 12.8. The number of rotatable bonds is 0. The summed E-state index contributed by atoms with van der Waals surface area (Å²) in [4.78, 5) is 0. The average molecular weight is 300 g/mol. The monoisotopic (exact) mass is 300 g/mol.